The van der Waals surface area contributed by atoms with Crippen molar-refractivity contribution in [2.75, 3.05) is 0 Å². The van der Waals surface area contributed by atoms with Crippen molar-refractivity contribution in [3.63, 3.8) is 0 Å². The number of carbonyl (C=O) groups excluding carboxylic acids is 1. The number of carboxylic acid groups (broad SMARTS) is 1. The Labute approximate surface area is 127 Å². The molecule has 0 fully saturated rings. The minimum atomic E-state index is -0.997. The first-order chi connectivity index (χ1) is 10.5. The van der Waals surface area contributed by atoms with E-state index in [1.807, 2.05) is 30.3 Å². The lowest BCUT2D eigenvalue weighted by molar-refractivity contribution is -0.142. The van der Waals surface area contributed by atoms with Crippen molar-refractivity contribution >= 4 is 11.9 Å². The third-order valence-corrected chi connectivity index (χ3v) is 3.00. The van der Waals surface area contributed by atoms with Gasteiger partial charge in [0.25, 0.3) is 0 Å². The molecule has 1 atom stereocenters. The number of aliphatic carboxylic acids is 1. The molecule has 2 rings (SSSR count). The van der Waals surface area contributed by atoms with Gasteiger partial charge in [-0.25, -0.2) is 4.68 Å². The number of nitrogens with two attached hydrogens (primary N) is 1. The van der Waals surface area contributed by atoms with Crippen LogP contribution in [-0.2, 0) is 20.9 Å². The molecule has 22 heavy (non-hydrogen) atoms. The highest BCUT2D eigenvalue weighted by molar-refractivity contribution is 5.67. The molecule has 0 amide bonds. The van der Waals surface area contributed by atoms with Gasteiger partial charge in [0.2, 0.25) is 0 Å². The van der Waals surface area contributed by atoms with Gasteiger partial charge >= 0.3 is 11.9 Å². The van der Waals surface area contributed by atoms with Crippen molar-refractivity contribution in [1.82, 2.24) is 9.78 Å². The van der Waals surface area contributed by atoms with Crippen LogP contribution >= 0.6 is 0 Å². The van der Waals surface area contributed by atoms with Crippen LogP contribution in [0.15, 0.2) is 36.4 Å². The number of nitrogens with zero attached hydrogens (tertiary/aromatic N) is 2. The van der Waals surface area contributed by atoms with E-state index in [2.05, 4.69) is 5.10 Å². The van der Waals surface area contributed by atoms with Crippen molar-refractivity contribution < 1.29 is 19.4 Å². The summed E-state index contributed by atoms with van der Waals surface area (Å²) >= 11 is 0. The van der Waals surface area contributed by atoms with Crippen LogP contribution in [0.1, 0.15) is 30.8 Å². The van der Waals surface area contributed by atoms with Gasteiger partial charge in [0, 0.05) is 6.92 Å². The number of benzene rings is 1. The van der Waals surface area contributed by atoms with Gasteiger partial charge in [0.15, 0.2) is 0 Å². The number of para-hydroxylation sites is 1. The van der Waals surface area contributed by atoms with Gasteiger partial charge in [-0.3, -0.25) is 9.59 Å². The molecular weight excluding hydrogens is 286 g/mol. The van der Waals surface area contributed by atoms with Crippen molar-refractivity contribution in [3.05, 3.63) is 47.8 Å². The van der Waals surface area contributed by atoms with Gasteiger partial charge in [-0.2, -0.15) is 5.10 Å². The number of esters is 1. The minimum Gasteiger partial charge on any atom is -0.481 e. The zero-order valence-corrected chi connectivity index (χ0v) is 12.1. The van der Waals surface area contributed by atoms with E-state index in [-0.39, 0.29) is 13.0 Å². The van der Waals surface area contributed by atoms with Crippen LogP contribution in [-0.4, -0.2) is 26.8 Å². The quantitative estimate of drug-likeness (QED) is 0.781. The molecule has 1 aromatic heterocycles. The Hall–Kier alpha value is -2.67. The van der Waals surface area contributed by atoms with E-state index in [1.54, 1.807) is 10.7 Å². The Morgan fingerprint density at radius 3 is 2.64 bits per heavy atom. The molecule has 1 unspecified atom stereocenters. The van der Waals surface area contributed by atoms with Gasteiger partial charge in [-0.15, -0.1) is 0 Å². The van der Waals surface area contributed by atoms with E-state index in [1.165, 1.54) is 6.92 Å². The molecule has 1 heterocycles. The van der Waals surface area contributed by atoms with E-state index in [4.69, 9.17) is 15.6 Å². The van der Waals surface area contributed by atoms with E-state index in [0.29, 0.717) is 11.4 Å². The Morgan fingerprint density at radius 2 is 2.05 bits per heavy atom. The Morgan fingerprint density at radius 1 is 1.36 bits per heavy atom. The van der Waals surface area contributed by atoms with Crippen molar-refractivity contribution in [3.8, 4) is 5.69 Å². The number of carbonyl (C=O) groups is 2. The maximum Gasteiger partial charge on any atom is 0.305 e. The molecule has 0 radical (unpaired) electrons. The largest absolute Gasteiger partial charge is 0.481 e. The monoisotopic (exact) mass is 303 g/mol. The zero-order valence-electron chi connectivity index (χ0n) is 12.1. The lowest BCUT2D eigenvalue weighted by Crippen LogP contribution is -2.15. The fourth-order valence-corrected chi connectivity index (χ4v) is 1.99. The highest BCUT2D eigenvalue weighted by atomic mass is 16.5. The Bertz CT molecular complexity index is 667. The van der Waals surface area contributed by atoms with Crippen LogP contribution in [0.25, 0.3) is 5.69 Å². The van der Waals surface area contributed by atoms with E-state index in [9.17, 15) is 9.59 Å². The average Bonchev–Trinajstić information content (AvgIpc) is 2.89. The fourth-order valence-electron chi connectivity index (χ4n) is 1.99. The Balaban J connectivity index is 2.34. The number of carboxylic acids is 1. The summed E-state index contributed by atoms with van der Waals surface area (Å²) in [5.41, 5.74) is 7.68. The minimum absolute atomic E-state index is 0.0387. The van der Waals surface area contributed by atoms with E-state index < -0.39 is 18.0 Å². The molecule has 116 valence electrons. The van der Waals surface area contributed by atoms with Crippen LogP contribution in [0, 0.1) is 0 Å². The molecule has 0 bridgehead atoms. The lowest BCUT2D eigenvalue weighted by Gasteiger charge is -2.07. The summed E-state index contributed by atoms with van der Waals surface area (Å²) in [5, 5.41) is 13.2. The van der Waals surface area contributed by atoms with E-state index in [0.717, 1.165) is 5.69 Å². The maximum absolute atomic E-state index is 11.0. The smallest absolute Gasteiger partial charge is 0.305 e. The lowest BCUT2D eigenvalue weighted by atomic mass is 10.1. The SMILES string of the molecule is CC(=O)OCc1cc(C(N)CC(=O)O)nn1-c1ccccc1. The molecule has 0 aliphatic heterocycles. The van der Waals surface area contributed by atoms with Gasteiger partial charge < -0.3 is 15.6 Å². The highest BCUT2D eigenvalue weighted by Gasteiger charge is 2.18. The molecule has 0 saturated carbocycles. The number of hydrogen-bond donors (Lipinski definition) is 2. The third kappa shape index (κ3) is 3.92. The second-order valence-corrected chi connectivity index (χ2v) is 4.79. The predicted octanol–water partition coefficient (Wildman–Crippen LogP) is 1.41. The van der Waals surface area contributed by atoms with Crippen LogP contribution in [0.3, 0.4) is 0 Å². The van der Waals surface area contributed by atoms with Crippen LogP contribution < -0.4 is 5.73 Å². The van der Waals surface area contributed by atoms with Crippen LogP contribution in [0.2, 0.25) is 0 Å². The van der Waals surface area contributed by atoms with Gasteiger partial charge in [-0.05, 0) is 18.2 Å². The van der Waals surface area contributed by atoms with Crippen LogP contribution in [0.4, 0.5) is 0 Å². The fraction of sp³-hybridized carbons (Fsp3) is 0.267. The van der Waals surface area contributed by atoms with Crippen molar-refractivity contribution in [2.45, 2.75) is 26.0 Å². The van der Waals surface area contributed by atoms with Crippen molar-refractivity contribution in [1.29, 1.82) is 0 Å². The summed E-state index contributed by atoms with van der Waals surface area (Å²) in [5.74, 6) is -1.40. The summed E-state index contributed by atoms with van der Waals surface area (Å²) in [6, 6.07) is 10.2. The predicted molar refractivity (Wildman–Crippen MR) is 78.2 cm³/mol. The molecule has 1 aromatic carbocycles. The molecule has 0 aliphatic rings. The molecule has 7 heteroatoms. The molecule has 2 aromatic rings. The third-order valence-electron chi connectivity index (χ3n) is 3.00. The summed E-state index contributed by atoms with van der Waals surface area (Å²) in [6.07, 6.45) is -0.223. The topological polar surface area (TPSA) is 107 Å². The van der Waals surface area contributed by atoms with Crippen LogP contribution in [0.5, 0.6) is 0 Å². The number of hydrogen-bond acceptors (Lipinski definition) is 5. The van der Waals surface area contributed by atoms with Crippen molar-refractivity contribution in [2.24, 2.45) is 5.73 Å². The maximum atomic E-state index is 11.0. The van der Waals surface area contributed by atoms with Gasteiger partial charge in [0.05, 0.1) is 29.5 Å². The second-order valence-electron chi connectivity index (χ2n) is 4.79. The van der Waals surface area contributed by atoms with Gasteiger partial charge in [0.1, 0.15) is 6.61 Å². The summed E-state index contributed by atoms with van der Waals surface area (Å²) in [4.78, 5) is 21.8. The first-order valence-electron chi connectivity index (χ1n) is 6.72. The highest BCUT2D eigenvalue weighted by Crippen LogP contribution is 2.19. The molecule has 7 nitrogen and oxygen atoms in total. The molecular formula is C15H17N3O4. The summed E-state index contributed by atoms with van der Waals surface area (Å²) in [6.45, 7) is 1.36. The number of rotatable bonds is 6. The molecule has 3 N–H and O–H groups in total. The first kappa shape index (κ1) is 15.7. The molecule has 0 spiro atoms. The zero-order chi connectivity index (χ0) is 16.1. The molecule has 0 aliphatic carbocycles. The van der Waals surface area contributed by atoms with Gasteiger partial charge in [-0.1, -0.05) is 18.2 Å². The summed E-state index contributed by atoms with van der Waals surface area (Å²) in [7, 11) is 0. The number of aromatic nitrogens is 2. The second kappa shape index (κ2) is 6.86. The number of ether oxygens (including phenoxy) is 1. The molecule has 0 saturated heterocycles. The standard InChI is InChI=1S/C15H17N3O4/c1-10(19)22-9-12-7-14(13(16)8-15(20)21)17-18(12)11-5-3-2-4-6-11/h2-7,13H,8-9,16H2,1H3,(H,20,21). The Kier molecular flexibility index (Phi) is 4.90. The first-order valence-corrected chi connectivity index (χ1v) is 6.72. The summed E-state index contributed by atoms with van der Waals surface area (Å²) < 4.78 is 6.60. The normalized spacial score (nSPS) is 11.9. The van der Waals surface area contributed by atoms with E-state index >= 15 is 0 Å². The average molecular weight is 303 g/mol.